The topological polar surface area (TPSA) is 104 Å². The van der Waals surface area contributed by atoms with E-state index in [9.17, 15) is 4.79 Å². The third-order valence-electron chi connectivity index (χ3n) is 1.22. The van der Waals surface area contributed by atoms with E-state index < -0.39 is 33.0 Å². The predicted octanol–water partition coefficient (Wildman–Crippen LogP) is -2.49. The number of aliphatic hydroxyl groups excluding tert-OH is 4. The van der Waals surface area contributed by atoms with E-state index in [0.29, 0.717) is 9.80 Å². The van der Waals surface area contributed by atoms with Crippen LogP contribution in [0, 0.1) is 0 Å². The second kappa shape index (κ2) is 5.72. The lowest BCUT2D eigenvalue weighted by Gasteiger charge is -2.24. The summed E-state index contributed by atoms with van der Waals surface area (Å²) in [5.74, 6) is 0. The van der Waals surface area contributed by atoms with E-state index in [1.807, 2.05) is 0 Å². The molecule has 0 spiro atoms. The van der Waals surface area contributed by atoms with Crippen LogP contribution in [-0.2, 0) is 0 Å². The molecule has 0 aromatic heterocycles. The van der Waals surface area contributed by atoms with Gasteiger partial charge in [-0.1, -0.05) is 0 Å². The summed E-state index contributed by atoms with van der Waals surface area (Å²) in [5.41, 5.74) is 0. The number of carbonyl (C=O) groups excluding carboxylic acids is 1. The van der Waals surface area contributed by atoms with Crippen LogP contribution in [0.25, 0.3) is 0 Å². The maximum absolute atomic E-state index is 11.0. The van der Waals surface area contributed by atoms with Gasteiger partial charge in [-0.15, -0.1) is 0 Å². The van der Waals surface area contributed by atoms with E-state index in [2.05, 4.69) is 0 Å². The molecule has 0 heterocycles. The molecule has 0 unspecified atom stereocenters. The SMILES string of the molecule is O=C(N(CO)CO)N(CO)CO. The minimum absolute atomic E-state index is 0.631. The van der Waals surface area contributed by atoms with Crippen molar-refractivity contribution in [1.29, 1.82) is 0 Å². The highest BCUT2D eigenvalue weighted by Gasteiger charge is 2.17. The Hall–Kier alpha value is -0.890. The van der Waals surface area contributed by atoms with Crippen LogP contribution >= 0.6 is 0 Å². The van der Waals surface area contributed by atoms with E-state index in [1.165, 1.54) is 0 Å². The molecule has 0 aromatic rings. The Bertz CT molecular complexity index is 120. The van der Waals surface area contributed by atoms with Crippen LogP contribution < -0.4 is 0 Å². The summed E-state index contributed by atoms with van der Waals surface area (Å²) in [6, 6.07) is -0.843. The van der Waals surface area contributed by atoms with Gasteiger partial charge in [-0.25, -0.2) is 4.79 Å². The van der Waals surface area contributed by atoms with Crippen molar-refractivity contribution in [3.63, 3.8) is 0 Å². The lowest BCUT2D eigenvalue weighted by molar-refractivity contribution is 0.00247. The van der Waals surface area contributed by atoms with E-state index in [-0.39, 0.29) is 0 Å². The molecular weight excluding hydrogens is 168 g/mol. The van der Waals surface area contributed by atoms with E-state index in [1.54, 1.807) is 0 Å². The molecule has 0 aliphatic rings. The molecule has 0 aliphatic heterocycles. The Labute approximate surface area is 69.1 Å². The molecule has 0 saturated heterocycles. The highest BCUT2D eigenvalue weighted by molar-refractivity contribution is 5.73. The molecule has 0 radical (unpaired) electrons. The molecule has 0 rings (SSSR count). The number of hydrogen-bond donors (Lipinski definition) is 4. The molecule has 4 N–H and O–H groups in total. The normalized spacial score (nSPS) is 9.67. The van der Waals surface area contributed by atoms with Crippen LogP contribution in [0.2, 0.25) is 0 Å². The van der Waals surface area contributed by atoms with Crippen LogP contribution in [-0.4, -0.2) is 63.2 Å². The molecule has 0 aliphatic carbocycles. The smallest absolute Gasteiger partial charge is 0.327 e. The zero-order valence-corrected chi connectivity index (χ0v) is 6.42. The van der Waals surface area contributed by atoms with Crippen LogP contribution in [0.1, 0.15) is 0 Å². The number of amides is 2. The largest absolute Gasteiger partial charge is 0.376 e. The number of hydrogen-bond acceptors (Lipinski definition) is 5. The Morgan fingerprint density at radius 1 is 0.833 bits per heavy atom. The van der Waals surface area contributed by atoms with Gasteiger partial charge in [0.15, 0.2) is 0 Å². The monoisotopic (exact) mass is 180 g/mol. The van der Waals surface area contributed by atoms with Gasteiger partial charge in [-0.2, -0.15) is 0 Å². The summed E-state index contributed by atoms with van der Waals surface area (Å²) in [7, 11) is 0. The highest BCUT2D eigenvalue weighted by Crippen LogP contribution is 1.94. The number of carbonyl (C=O) groups is 1. The number of rotatable bonds is 4. The second-order valence-corrected chi connectivity index (χ2v) is 1.93. The Kier molecular flexibility index (Phi) is 5.30. The highest BCUT2D eigenvalue weighted by atomic mass is 16.3. The van der Waals surface area contributed by atoms with Crippen molar-refractivity contribution < 1.29 is 25.2 Å². The molecule has 0 bridgehead atoms. The minimum Gasteiger partial charge on any atom is -0.376 e. The maximum Gasteiger partial charge on any atom is 0.327 e. The first-order chi connectivity index (χ1) is 5.71. The van der Waals surface area contributed by atoms with Gasteiger partial charge >= 0.3 is 6.03 Å². The van der Waals surface area contributed by atoms with Gasteiger partial charge in [0.05, 0.1) is 0 Å². The zero-order valence-electron chi connectivity index (χ0n) is 6.42. The summed E-state index contributed by atoms with van der Waals surface area (Å²) >= 11 is 0. The van der Waals surface area contributed by atoms with Gasteiger partial charge in [0, 0.05) is 0 Å². The molecule has 0 saturated carbocycles. The number of nitrogens with zero attached hydrogens (tertiary/aromatic N) is 2. The van der Waals surface area contributed by atoms with Gasteiger partial charge in [0.1, 0.15) is 26.9 Å². The van der Waals surface area contributed by atoms with Gasteiger partial charge < -0.3 is 20.4 Å². The molecule has 2 amide bonds. The van der Waals surface area contributed by atoms with Crippen molar-refractivity contribution in [3.8, 4) is 0 Å². The Balaban J connectivity index is 4.12. The van der Waals surface area contributed by atoms with Crippen molar-refractivity contribution in [1.82, 2.24) is 9.80 Å². The van der Waals surface area contributed by atoms with Gasteiger partial charge in [-0.05, 0) is 0 Å². The molecule has 7 nitrogen and oxygen atoms in total. The number of urea groups is 1. The molecule has 72 valence electrons. The lowest BCUT2D eigenvalue weighted by Crippen LogP contribution is -2.44. The van der Waals surface area contributed by atoms with Crippen molar-refractivity contribution in [2.45, 2.75) is 0 Å². The summed E-state index contributed by atoms with van der Waals surface area (Å²) in [6.45, 7) is -2.70. The summed E-state index contributed by atoms with van der Waals surface area (Å²) in [5, 5.41) is 34.0. The van der Waals surface area contributed by atoms with Crippen LogP contribution in [0.4, 0.5) is 4.79 Å². The maximum atomic E-state index is 11.0. The predicted molar refractivity (Wildman–Crippen MR) is 37.4 cm³/mol. The third-order valence-corrected chi connectivity index (χ3v) is 1.22. The molecular formula is C5H12N2O5. The van der Waals surface area contributed by atoms with Crippen LogP contribution in [0.15, 0.2) is 0 Å². The Morgan fingerprint density at radius 2 is 1.08 bits per heavy atom. The van der Waals surface area contributed by atoms with Crippen molar-refractivity contribution in [2.24, 2.45) is 0 Å². The van der Waals surface area contributed by atoms with Crippen molar-refractivity contribution >= 4 is 6.03 Å². The average Bonchev–Trinajstić information content (AvgIpc) is 2.09. The summed E-state index contributed by atoms with van der Waals surface area (Å²) in [6.07, 6.45) is 0. The molecule has 7 heteroatoms. The fourth-order valence-electron chi connectivity index (χ4n) is 0.531. The third kappa shape index (κ3) is 2.62. The van der Waals surface area contributed by atoms with E-state index in [4.69, 9.17) is 20.4 Å². The zero-order chi connectivity index (χ0) is 9.56. The molecule has 0 aromatic carbocycles. The summed E-state index contributed by atoms with van der Waals surface area (Å²) < 4.78 is 0. The first-order valence-electron chi connectivity index (χ1n) is 3.18. The Morgan fingerprint density at radius 3 is 1.25 bits per heavy atom. The minimum atomic E-state index is -0.843. The first kappa shape index (κ1) is 11.1. The van der Waals surface area contributed by atoms with E-state index in [0.717, 1.165) is 0 Å². The molecule has 12 heavy (non-hydrogen) atoms. The quantitative estimate of drug-likeness (QED) is 0.358. The molecule has 0 fully saturated rings. The van der Waals surface area contributed by atoms with Gasteiger partial charge in [0.25, 0.3) is 0 Å². The van der Waals surface area contributed by atoms with Crippen molar-refractivity contribution in [2.75, 3.05) is 26.9 Å². The summed E-state index contributed by atoms with van der Waals surface area (Å²) in [4.78, 5) is 12.2. The van der Waals surface area contributed by atoms with Gasteiger partial charge in [0.2, 0.25) is 0 Å². The van der Waals surface area contributed by atoms with Crippen LogP contribution in [0.5, 0.6) is 0 Å². The number of aliphatic hydroxyl groups is 4. The second-order valence-electron chi connectivity index (χ2n) is 1.93. The van der Waals surface area contributed by atoms with E-state index >= 15 is 0 Å². The fourth-order valence-corrected chi connectivity index (χ4v) is 0.531. The molecule has 0 atom stereocenters. The van der Waals surface area contributed by atoms with Crippen LogP contribution in [0.3, 0.4) is 0 Å². The fraction of sp³-hybridized carbons (Fsp3) is 0.800. The lowest BCUT2D eigenvalue weighted by atomic mass is 10.7. The first-order valence-corrected chi connectivity index (χ1v) is 3.18. The van der Waals surface area contributed by atoms with Crippen molar-refractivity contribution in [3.05, 3.63) is 0 Å². The van der Waals surface area contributed by atoms with Gasteiger partial charge in [-0.3, -0.25) is 9.80 Å². The average molecular weight is 180 g/mol. The standard InChI is InChI=1S/C5H12N2O5/c8-1-6(2-9)5(12)7(3-10)4-11/h8-11H,1-4H2.